The van der Waals surface area contributed by atoms with Crippen LogP contribution in [0.15, 0.2) is 125 Å². The van der Waals surface area contributed by atoms with Crippen LogP contribution in [-0.4, -0.2) is 115 Å². The van der Waals surface area contributed by atoms with Gasteiger partial charge in [-0.15, -0.1) is 0 Å². The molecular formula is C61H61N7O10. The van der Waals surface area contributed by atoms with Crippen LogP contribution in [0.4, 0.5) is 21.9 Å². The van der Waals surface area contributed by atoms with Gasteiger partial charge in [0.25, 0.3) is 11.8 Å². The number of fused-ring (bicyclic) bond motifs is 7. The van der Waals surface area contributed by atoms with Crippen LogP contribution >= 0.6 is 0 Å². The summed E-state index contributed by atoms with van der Waals surface area (Å²) in [4.78, 5) is 82.8. The number of benzene rings is 5. The van der Waals surface area contributed by atoms with Crippen molar-refractivity contribution in [1.82, 2.24) is 20.0 Å². The molecular weight excluding hydrogens is 991 g/mol. The molecule has 11 rings (SSSR count). The van der Waals surface area contributed by atoms with Crippen molar-refractivity contribution in [1.29, 1.82) is 0 Å². The van der Waals surface area contributed by atoms with E-state index in [0.717, 1.165) is 39.8 Å². The fourth-order valence-electron chi connectivity index (χ4n) is 11.0. The minimum absolute atomic E-state index is 0.0886. The average Bonchev–Trinajstić information content (AvgIpc) is 4.22. The summed E-state index contributed by atoms with van der Waals surface area (Å²) < 4.78 is 29.7. The van der Waals surface area contributed by atoms with Crippen LogP contribution in [0.3, 0.4) is 0 Å². The molecule has 0 bridgehead atoms. The molecule has 4 unspecified atom stereocenters. The van der Waals surface area contributed by atoms with Crippen LogP contribution in [0.2, 0.25) is 0 Å². The summed E-state index contributed by atoms with van der Waals surface area (Å²) in [5, 5.41) is 5.68. The average molecular weight is 1050 g/mol. The number of hydrogen-bond acceptors (Lipinski definition) is 12. The van der Waals surface area contributed by atoms with Crippen LogP contribution in [0, 0.1) is 11.8 Å². The van der Waals surface area contributed by atoms with Crippen molar-refractivity contribution >= 4 is 64.8 Å². The molecule has 6 aliphatic rings. The summed E-state index contributed by atoms with van der Waals surface area (Å²) in [6, 6.07) is 27.4. The highest BCUT2D eigenvalue weighted by atomic mass is 16.6. The number of carbonyl (C=O) groups is 5. The van der Waals surface area contributed by atoms with Gasteiger partial charge >= 0.3 is 6.09 Å². The molecule has 2 aliphatic carbocycles. The third-order valence-electron chi connectivity index (χ3n) is 15.2. The molecule has 0 radical (unpaired) electrons. The van der Waals surface area contributed by atoms with E-state index >= 15 is 0 Å². The van der Waals surface area contributed by atoms with Gasteiger partial charge in [0.2, 0.25) is 11.8 Å². The second-order valence-electron chi connectivity index (χ2n) is 20.8. The third-order valence-corrected chi connectivity index (χ3v) is 15.2. The zero-order valence-electron chi connectivity index (χ0n) is 44.4. The summed E-state index contributed by atoms with van der Waals surface area (Å²) in [5.74, 6) is 0.744. The van der Waals surface area contributed by atoms with E-state index in [9.17, 15) is 24.0 Å². The summed E-state index contributed by atoms with van der Waals surface area (Å²) in [6.45, 7) is 5.81. The molecule has 4 heterocycles. The van der Waals surface area contributed by atoms with Gasteiger partial charge in [0.1, 0.15) is 12.1 Å². The van der Waals surface area contributed by atoms with Crippen molar-refractivity contribution in [3.8, 4) is 34.1 Å². The molecule has 17 heteroatoms. The van der Waals surface area contributed by atoms with Gasteiger partial charge in [-0.05, 0) is 90.1 Å². The van der Waals surface area contributed by atoms with Crippen LogP contribution in [0.1, 0.15) is 96.4 Å². The number of nitrogens with one attached hydrogen (secondary N) is 2. The van der Waals surface area contributed by atoms with E-state index < -0.39 is 36.1 Å². The highest BCUT2D eigenvalue weighted by Crippen LogP contribution is 2.47. The minimum Gasteiger partial charge on any atom is -0.493 e. The molecule has 0 aromatic heterocycles. The predicted molar refractivity (Wildman–Crippen MR) is 295 cm³/mol. The Labute approximate surface area is 452 Å². The quantitative estimate of drug-likeness (QED) is 0.0848. The van der Waals surface area contributed by atoms with Gasteiger partial charge in [-0.3, -0.25) is 34.1 Å². The summed E-state index contributed by atoms with van der Waals surface area (Å²) in [7, 11) is 4.60. The van der Waals surface area contributed by atoms with E-state index in [4.69, 9.17) is 33.7 Å². The van der Waals surface area contributed by atoms with Crippen molar-refractivity contribution < 1.29 is 47.7 Å². The largest absolute Gasteiger partial charge is 0.493 e. The van der Waals surface area contributed by atoms with Gasteiger partial charge in [0.15, 0.2) is 29.1 Å². The van der Waals surface area contributed by atoms with Crippen molar-refractivity contribution in [2.24, 2.45) is 21.8 Å². The first kappa shape index (κ1) is 51.4. The number of methoxy groups -OCH3 is 2. The number of nitrogens with zero attached hydrogens (tertiary/aromatic N) is 5. The molecule has 5 amide bonds. The zero-order chi connectivity index (χ0) is 54.4. The normalized spacial score (nSPS) is 18.4. The van der Waals surface area contributed by atoms with Crippen LogP contribution < -0.4 is 29.6 Å². The van der Waals surface area contributed by atoms with E-state index in [1.807, 2.05) is 93.1 Å². The first-order valence-corrected chi connectivity index (χ1v) is 26.5. The van der Waals surface area contributed by atoms with E-state index in [1.165, 1.54) is 37.5 Å². The molecule has 1 fully saturated rings. The van der Waals surface area contributed by atoms with E-state index in [1.54, 1.807) is 66.4 Å². The van der Waals surface area contributed by atoms with Gasteiger partial charge in [-0.25, -0.2) is 4.79 Å². The number of likely N-dealkylation sites (N-methyl/N-ethyl adjacent to an activating group) is 1. The standard InChI is InChI=1S/C61H61N7O10/c1-34(2)55(66(4)61(73)78-56-45-14-9-7-12-43(45)44-13-8-10-15-46(44)56)58(70)64-35(3)57(69)65-40-20-18-37(19-21-40)39-25-42-31-63-50-29-54(52(75-6)27-48(50)60(72)68(42)33-39)77-23-11-22-76-53-28-49-47(26-51(53)74-5)59(71)67-32-38(36-16-17-36)24-41(67)30-62-49/h7-10,12-15,18-21,26-36,41-42,55-56H,11,16-17,22-25H2,1-6H3,(H,64,70)(H,65,69). The summed E-state index contributed by atoms with van der Waals surface area (Å²) in [5.41, 5.74) is 9.18. The minimum atomic E-state index is -0.938. The van der Waals surface area contributed by atoms with E-state index in [2.05, 4.69) is 10.6 Å². The van der Waals surface area contributed by atoms with Crippen molar-refractivity contribution in [2.45, 2.75) is 83.1 Å². The topological polar surface area (TPSA) is 190 Å². The zero-order valence-corrected chi connectivity index (χ0v) is 44.4. The fourth-order valence-corrected chi connectivity index (χ4v) is 11.0. The van der Waals surface area contributed by atoms with Crippen LogP contribution in [0.5, 0.6) is 23.0 Å². The molecule has 2 N–H and O–H groups in total. The van der Waals surface area contributed by atoms with Crippen LogP contribution in [0.25, 0.3) is 16.7 Å². The Balaban J connectivity index is 0.671. The van der Waals surface area contributed by atoms with Gasteiger partial charge in [-0.2, -0.15) is 0 Å². The van der Waals surface area contributed by atoms with Gasteiger partial charge in [0, 0.05) is 73.7 Å². The maximum absolute atomic E-state index is 14.1. The highest BCUT2D eigenvalue weighted by molar-refractivity contribution is 6.06. The maximum Gasteiger partial charge on any atom is 0.411 e. The molecule has 4 aliphatic heterocycles. The number of ether oxygens (including phenoxy) is 5. The lowest BCUT2D eigenvalue weighted by atomic mass is 10.0. The molecule has 5 aromatic carbocycles. The fraction of sp³-hybridized carbons (Fsp3) is 0.328. The summed E-state index contributed by atoms with van der Waals surface area (Å²) in [6.07, 6.45) is 10.4. The third kappa shape index (κ3) is 9.95. The first-order valence-electron chi connectivity index (χ1n) is 26.5. The lowest BCUT2D eigenvalue weighted by Gasteiger charge is -2.31. The van der Waals surface area contributed by atoms with Crippen molar-refractivity contribution in [3.05, 3.63) is 143 Å². The lowest BCUT2D eigenvalue weighted by Crippen LogP contribution is -2.54. The Bertz CT molecular complexity index is 3320. The van der Waals surface area contributed by atoms with E-state index in [0.29, 0.717) is 69.9 Å². The second-order valence-corrected chi connectivity index (χ2v) is 20.8. The lowest BCUT2D eigenvalue weighted by molar-refractivity contribution is -0.130. The van der Waals surface area contributed by atoms with Crippen LogP contribution in [-0.2, 0) is 14.3 Å². The predicted octanol–water partition coefficient (Wildman–Crippen LogP) is 10.1. The number of rotatable bonds is 17. The molecule has 17 nitrogen and oxygen atoms in total. The first-order chi connectivity index (χ1) is 37.8. The maximum atomic E-state index is 14.1. The Morgan fingerprint density at radius 2 is 1.23 bits per heavy atom. The summed E-state index contributed by atoms with van der Waals surface area (Å²) >= 11 is 0. The molecule has 5 aromatic rings. The number of hydrogen-bond donors (Lipinski definition) is 2. The molecule has 0 spiro atoms. The Kier molecular flexibility index (Phi) is 14.1. The van der Waals surface area contributed by atoms with Gasteiger partial charge in [0.05, 0.1) is 62.0 Å². The number of carbonyl (C=O) groups excluding carboxylic acids is 5. The molecule has 1 saturated carbocycles. The molecule has 4 atom stereocenters. The van der Waals surface area contributed by atoms with Gasteiger partial charge < -0.3 is 44.1 Å². The van der Waals surface area contributed by atoms with Crippen molar-refractivity contribution in [2.75, 3.05) is 39.8 Å². The van der Waals surface area contributed by atoms with Crippen molar-refractivity contribution in [3.63, 3.8) is 0 Å². The van der Waals surface area contributed by atoms with E-state index in [-0.39, 0.29) is 43.0 Å². The Morgan fingerprint density at radius 3 is 1.78 bits per heavy atom. The molecule has 400 valence electrons. The monoisotopic (exact) mass is 1050 g/mol. The van der Waals surface area contributed by atoms with Gasteiger partial charge in [-0.1, -0.05) is 74.5 Å². The smallest absolute Gasteiger partial charge is 0.411 e. The Hall–Kier alpha value is -8.73. The Morgan fingerprint density at radius 1 is 0.679 bits per heavy atom. The number of amides is 5. The second kappa shape index (κ2) is 21.4. The highest BCUT2D eigenvalue weighted by Gasteiger charge is 2.40. The molecule has 78 heavy (non-hydrogen) atoms. The number of anilines is 1. The SMILES string of the molecule is COc1cc2c(cc1OCCCOc1cc3c(cc1OC)C(=O)N1C=C(C4CC4)CC1C=N3)N=CC1CC(c3ccc(NC(=O)C(C)NC(=O)C(C(C)C)N(C)C(=O)OC4c5ccccc5-c5ccccc54)cc3)=CN1C2=O. The number of aliphatic imine (C=N–C) groups is 2. The molecule has 0 saturated heterocycles.